The number of hydrogen-bond donors (Lipinski definition) is 1. The first kappa shape index (κ1) is 19.3. The summed E-state index contributed by atoms with van der Waals surface area (Å²) < 4.78 is 5.18. The maximum absolute atomic E-state index is 12.3. The standard InChI is InChI=1S/C20H26N2O2S/c1-4-22(12-13-25-19-10-8-16(2)9-11-19)15-20(23)21-17-6-5-7-18(14-17)24-3/h5-11,14H,4,12-13,15H2,1-3H3,(H,21,23). The van der Waals surface area contributed by atoms with Crippen molar-refractivity contribution in [3.8, 4) is 5.75 Å². The average Bonchev–Trinajstić information content (AvgIpc) is 2.62. The van der Waals surface area contributed by atoms with E-state index in [1.165, 1.54) is 10.5 Å². The molecule has 25 heavy (non-hydrogen) atoms. The lowest BCUT2D eigenvalue weighted by Gasteiger charge is -2.19. The fourth-order valence-corrected chi connectivity index (χ4v) is 3.29. The third kappa shape index (κ3) is 6.80. The van der Waals surface area contributed by atoms with Crippen LogP contribution in [0, 0.1) is 6.92 Å². The topological polar surface area (TPSA) is 41.6 Å². The van der Waals surface area contributed by atoms with Gasteiger partial charge in [-0.15, -0.1) is 11.8 Å². The van der Waals surface area contributed by atoms with E-state index in [1.807, 2.05) is 36.0 Å². The lowest BCUT2D eigenvalue weighted by Crippen LogP contribution is -2.34. The van der Waals surface area contributed by atoms with Crippen LogP contribution in [0.25, 0.3) is 0 Å². The number of hydrogen-bond acceptors (Lipinski definition) is 4. The molecule has 0 radical (unpaired) electrons. The molecule has 0 saturated heterocycles. The Morgan fingerprint density at radius 3 is 2.64 bits per heavy atom. The van der Waals surface area contributed by atoms with Crippen molar-refractivity contribution in [3.63, 3.8) is 0 Å². The second kappa shape index (κ2) is 10.1. The Balaban J connectivity index is 1.77. The Hall–Kier alpha value is -1.98. The van der Waals surface area contributed by atoms with E-state index in [4.69, 9.17) is 4.74 Å². The van der Waals surface area contributed by atoms with Crippen LogP contribution < -0.4 is 10.1 Å². The van der Waals surface area contributed by atoms with E-state index in [-0.39, 0.29) is 5.91 Å². The van der Waals surface area contributed by atoms with Gasteiger partial charge in [0.1, 0.15) is 5.75 Å². The maximum atomic E-state index is 12.3. The molecule has 0 heterocycles. The molecule has 2 aromatic carbocycles. The minimum Gasteiger partial charge on any atom is -0.497 e. The number of likely N-dealkylation sites (N-methyl/N-ethyl adjacent to an activating group) is 1. The fraction of sp³-hybridized carbons (Fsp3) is 0.350. The van der Waals surface area contributed by atoms with E-state index < -0.39 is 0 Å². The van der Waals surface area contributed by atoms with Crippen LogP contribution in [0.15, 0.2) is 53.4 Å². The van der Waals surface area contributed by atoms with E-state index in [2.05, 4.69) is 48.3 Å². The number of aryl methyl sites for hydroxylation is 1. The predicted molar refractivity (Wildman–Crippen MR) is 106 cm³/mol. The second-order valence-electron chi connectivity index (χ2n) is 5.81. The number of methoxy groups -OCH3 is 1. The molecule has 0 aliphatic rings. The van der Waals surface area contributed by atoms with Crippen molar-refractivity contribution >= 4 is 23.4 Å². The molecule has 1 amide bonds. The summed E-state index contributed by atoms with van der Waals surface area (Å²) >= 11 is 1.82. The van der Waals surface area contributed by atoms with Crippen molar-refractivity contribution in [1.82, 2.24) is 4.90 Å². The lowest BCUT2D eigenvalue weighted by molar-refractivity contribution is -0.117. The number of rotatable bonds is 9. The number of ether oxygens (including phenoxy) is 1. The zero-order chi connectivity index (χ0) is 18.1. The van der Waals surface area contributed by atoms with Crippen LogP contribution >= 0.6 is 11.8 Å². The quantitative estimate of drug-likeness (QED) is 0.687. The van der Waals surface area contributed by atoms with Gasteiger partial charge in [0, 0.05) is 28.9 Å². The van der Waals surface area contributed by atoms with E-state index in [1.54, 1.807) is 7.11 Å². The Kier molecular flexibility index (Phi) is 7.82. The van der Waals surface area contributed by atoms with Gasteiger partial charge < -0.3 is 10.1 Å². The van der Waals surface area contributed by atoms with Crippen molar-refractivity contribution in [1.29, 1.82) is 0 Å². The van der Waals surface area contributed by atoms with Gasteiger partial charge in [-0.25, -0.2) is 0 Å². The number of anilines is 1. The number of benzene rings is 2. The summed E-state index contributed by atoms with van der Waals surface area (Å²) in [7, 11) is 1.62. The molecule has 134 valence electrons. The SMILES string of the molecule is CCN(CCSc1ccc(C)cc1)CC(=O)Nc1cccc(OC)c1. The van der Waals surface area contributed by atoms with Crippen molar-refractivity contribution in [2.75, 3.05) is 37.8 Å². The zero-order valence-electron chi connectivity index (χ0n) is 15.1. The van der Waals surface area contributed by atoms with Crippen LogP contribution in [0.2, 0.25) is 0 Å². The molecule has 0 spiro atoms. The predicted octanol–water partition coefficient (Wildman–Crippen LogP) is 4.06. The van der Waals surface area contributed by atoms with Crippen molar-refractivity contribution < 1.29 is 9.53 Å². The van der Waals surface area contributed by atoms with E-state index in [0.29, 0.717) is 6.54 Å². The first-order valence-corrected chi connectivity index (χ1v) is 9.45. The molecule has 1 N–H and O–H groups in total. The van der Waals surface area contributed by atoms with Gasteiger partial charge in [0.15, 0.2) is 0 Å². The summed E-state index contributed by atoms with van der Waals surface area (Å²) in [6.07, 6.45) is 0. The number of carbonyl (C=O) groups excluding carboxylic acids is 1. The van der Waals surface area contributed by atoms with Gasteiger partial charge in [-0.3, -0.25) is 9.69 Å². The Bertz CT molecular complexity index is 674. The van der Waals surface area contributed by atoms with Crippen LogP contribution in [0.1, 0.15) is 12.5 Å². The van der Waals surface area contributed by atoms with Crippen molar-refractivity contribution in [2.45, 2.75) is 18.7 Å². The smallest absolute Gasteiger partial charge is 0.238 e. The molecule has 0 aromatic heterocycles. The molecule has 2 aromatic rings. The Morgan fingerprint density at radius 2 is 1.96 bits per heavy atom. The number of thioether (sulfide) groups is 1. The van der Waals surface area contributed by atoms with Gasteiger partial charge in [0.2, 0.25) is 5.91 Å². The summed E-state index contributed by atoms with van der Waals surface area (Å²) in [6.45, 7) is 6.28. The first-order valence-electron chi connectivity index (χ1n) is 8.46. The molecule has 0 saturated carbocycles. The Morgan fingerprint density at radius 1 is 1.20 bits per heavy atom. The van der Waals surface area contributed by atoms with Crippen LogP contribution in [0.3, 0.4) is 0 Å². The highest BCUT2D eigenvalue weighted by Gasteiger charge is 2.10. The number of nitrogens with one attached hydrogen (secondary N) is 1. The molecular formula is C20H26N2O2S. The molecule has 0 unspecified atom stereocenters. The third-order valence-electron chi connectivity index (χ3n) is 3.87. The number of carbonyl (C=O) groups is 1. The van der Waals surface area contributed by atoms with Crippen LogP contribution in [-0.2, 0) is 4.79 Å². The van der Waals surface area contributed by atoms with E-state index >= 15 is 0 Å². The summed E-state index contributed by atoms with van der Waals surface area (Å²) in [5.41, 5.74) is 2.03. The maximum Gasteiger partial charge on any atom is 0.238 e. The summed E-state index contributed by atoms with van der Waals surface area (Å²) in [6, 6.07) is 16.0. The Labute approximate surface area is 154 Å². The van der Waals surface area contributed by atoms with Gasteiger partial charge in [-0.2, -0.15) is 0 Å². The zero-order valence-corrected chi connectivity index (χ0v) is 15.9. The first-order chi connectivity index (χ1) is 12.1. The molecule has 0 fully saturated rings. The molecule has 0 bridgehead atoms. The van der Waals surface area contributed by atoms with Crippen molar-refractivity contribution in [3.05, 3.63) is 54.1 Å². The lowest BCUT2D eigenvalue weighted by atomic mass is 10.2. The molecule has 0 atom stereocenters. The molecule has 4 nitrogen and oxygen atoms in total. The van der Waals surface area contributed by atoms with Gasteiger partial charge in [-0.1, -0.05) is 30.7 Å². The highest BCUT2D eigenvalue weighted by Crippen LogP contribution is 2.19. The summed E-state index contributed by atoms with van der Waals surface area (Å²) in [5, 5.41) is 2.93. The normalized spacial score (nSPS) is 10.7. The number of nitrogens with zero attached hydrogens (tertiary/aromatic N) is 1. The van der Waals surface area contributed by atoms with Crippen LogP contribution in [0.4, 0.5) is 5.69 Å². The molecule has 5 heteroatoms. The highest BCUT2D eigenvalue weighted by atomic mass is 32.2. The van der Waals surface area contributed by atoms with Crippen LogP contribution in [0.5, 0.6) is 5.75 Å². The monoisotopic (exact) mass is 358 g/mol. The van der Waals surface area contributed by atoms with Gasteiger partial charge in [0.05, 0.1) is 13.7 Å². The molecule has 2 rings (SSSR count). The second-order valence-corrected chi connectivity index (χ2v) is 6.98. The average molecular weight is 359 g/mol. The minimum atomic E-state index is -0.00422. The minimum absolute atomic E-state index is 0.00422. The third-order valence-corrected chi connectivity index (χ3v) is 4.86. The highest BCUT2D eigenvalue weighted by molar-refractivity contribution is 7.99. The van der Waals surface area contributed by atoms with Gasteiger partial charge >= 0.3 is 0 Å². The fourth-order valence-electron chi connectivity index (χ4n) is 2.38. The van der Waals surface area contributed by atoms with Gasteiger partial charge in [0.25, 0.3) is 0 Å². The molecule has 0 aliphatic heterocycles. The van der Waals surface area contributed by atoms with Gasteiger partial charge in [-0.05, 0) is 37.7 Å². The van der Waals surface area contributed by atoms with E-state index in [9.17, 15) is 4.79 Å². The molecule has 0 aliphatic carbocycles. The van der Waals surface area contributed by atoms with E-state index in [0.717, 1.165) is 30.3 Å². The largest absolute Gasteiger partial charge is 0.497 e. The van der Waals surface area contributed by atoms with Crippen LogP contribution in [-0.4, -0.2) is 43.3 Å². The summed E-state index contributed by atoms with van der Waals surface area (Å²) in [4.78, 5) is 15.7. The van der Waals surface area contributed by atoms with Crippen molar-refractivity contribution in [2.24, 2.45) is 0 Å². The molecular weight excluding hydrogens is 332 g/mol. The number of amides is 1. The summed E-state index contributed by atoms with van der Waals surface area (Å²) in [5.74, 6) is 1.69.